The molecule has 0 aliphatic heterocycles. The molecule has 24 heavy (non-hydrogen) atoms. The van der Waals surface area contributed by atoms with E-state index < -0.39 is 0 Å². The Bertz CT molecular complexity index is 790. The van der Waals surface area contributed by atoms with Crippen LogP contribution in [0.2, 0.25) is 0 Å². The van der Waals surface area contributed by atoms with Crippen molar-refractivity contribution in [2.45, 2.75) is 52.4 Å². The van der Waals surface area contributed by atoms with Crippen molar-refractivity contribution in [2.75, 3.05) is 0 Å². The number of allylic oxidation sites excluding steroid dienone is 4. The van der Waals surface area contributed by atoms with Gasteiger partial charge < -0.3 is 0 Å². The van der Waals surface area contributed by atoms with Crippen LogP contribution in [0.5, 0.6) is 0 Å². The SMILES string of the molecule is CC1=C(C)C(CCC2C(C)=C(C)c3ccccc32)c2ccccc21. The van der Waals surface area contributed by atoms with E-state index in [1.54, 1.807) is 11.1 Å². The second kappa shape index (κ2) is 5.77. The molecular formula is C24H26. The van der Waals surface area contributed by atoms with Crippen LogP contribution in [0.1, 0.15) is 74.6 Å². The summed E-state index contributed by atoms with van der Waals surface area (Å²) in [5, 5.41) is 0. The Balaban J connectivity index is 1.61. The molecule has 2 atom stereocenters. The molecule has 0 heterocycles. The van der Waals surface area contributed by atoms with Crippen LogP contribution in [0.4, 0.5) is 0 Å². The summed E-state index contributed by atoms with van der Waals surface area (Å²) in [7, 11) is 0. The fraction of sp³-hybridized carbons (Fsp3) is 0.333. The van der Waals surface area contributed by atoms with Gasteiger partial charge in [0.25, 0.3) is 0 Å². The minimum atomic E-state index is 0.599. The second-order valence-corrected chi connectivity index (χ2v) is 7.47. The largest absolute Gasteiger partial charge is 0.0623 e. The summed E-state index contributed by atoms with van der Waals surface area (Å²) in [4.78, 5) is 0. The van der Waals surface area contributed by atoms with Gasteiger partial charge in [0.05, 0.1) is 0 Å². The summed E-state index contributed by atoms with van der Waals surface area (Å²) in [5.74, 6) is 1.20. The molecule has 0 bridgehead atoms. The molecule has 0 radical (unpaired) electrons. The van der Waals surface area contributed by atoms with Crippen LogP contribution >= 0.6 is 0 Å². The predicted molar refractivity (Wildman–Crippen MR) is 104 cm³/mol. The van der Waals surface area contributed by atoms with Crippen LogP contribution < -0.4 is 0 Å². The first-order valence-corrected chi connectivity index (χ1v) is 9.13. The van der Waals surface area contributed by atoms with Gasteiger partial charge in [0.1, 0.15) is 0 Å². The third-order valence-electron chi connectivity index (χ3n) is 6.45. The smallest absolute Gasteiger partial charge is 0.00576 e. The summed E-state index contributed by atoms with van der Waals surface area (Å²) >= 11 is 0. The Hall–Kier alpha value is -2.08. The molecule has 2 aromatic carbocycles. The summed E-state index contributed by atoms with van der Waals surface area (Å²) in [6.07, 6.45) is 2.48. The standard InChI is InChI=1S/C24H26/c1-15-17(3)21(23-11-7-5-9-19(15)23)13-14-22-18(4)16(2)20-10-6-8-12-24(20)22/h5-12,21-22H,13-14H2,1-4H3. The quantitative estimate of drug-likeness (QED) is 0.575. The topological polar surface area (TPSA) is 0 Å². The molecule has 4 rings (SSSR count). The van der Waals surface area contributed by atoms with E-state index in [9.17, 15) is 0 Å². The highest BCUT2D eigenvalue weighted by molar-refractivity contribution is 5.77. The Morgan fingerprint density at radius 2 is 0.958 bits per heavy atom. The minimum Gasteiger partial charge on any atom is -0.0623 e. The monoisotopic (exact) mass is 314 g/mol. The highest BCUT2D eigenvalue weighted by atomic mass is 14.3. The molecule has 0 saturated heterocycles. The lowest BCUT2D eigenvalue weighted by atomic mass is 9.85. The molecule has 0 fully saturated rings. The van der Waals surface area contributed by atoms with Gasteiger partial charge in [-0.25, -0.2) is 0 Å². The minimum absolute atomic E-state index is 0.599. The molecule has 2 aromatic rings. The van der Waals surface area contributed by atoms with E-state index in [0.29, 0.717) is 11.8 Å². The number of fused-ring (bicyclic) bond motifs is 2. The van der Waals surface area contributed by atoms with Gasteiger partial charge in [-0.2, -0.15) is 0 Å². The van der Waals surface area contributed by atoms with Crippen LogP contribution in [-0.2, 0) is 0 Å². The van der Waals surface area contributed by atoms with Crippen molar-refractivity contribution in [3.05, 3.63) is 81.9 Å². The number of hydrogen-bond acceptors (Lipinski definition) is 0. The highest BCUT2D eigenvalue weighted by Gasteiger charge is 2.30. The fourth-order valence-corrected chi connectivity index (χ4v) is 4.78. The maximum absolute atomic E-state index is 2.33. The van der Waals surface area contributed by atoms with Gasteiger partial charge >= 0.3 is 0 Å². The van der Waals surface area contributed by atoms with Crippen molar-refractivity contribution in [1.29, 1.82) is 0 Å². The first-order chi connectivity index (χ1) is 11.6. The third-order valence-corrected chi connectivity index (χ3v) is 6.45. The van der Waals surface area contributed by atoms with Crippen molar-refractivity contribution < 1.29 is 0 Å². The zero-order valence-electron chi connectivity index (χ0n) is 15.2. The second-order valence-electron chi connectivity index (χ2n) is 7.47. The molecule has 2 aliphatic carbocycles. The van der Waals surface area contributed by atoms with Gasteiger partial charge in [-0.3, -0.25) is 0 Å². The Kier molecular flexibility index (Phi) is 3.72. The number of benzene rings is 2. The molecule has 0 nitrogen and oxygen atoms in total. The lowest BCUT2D eigenvalue weighted by Crippen LogP contribution is -2.03. The molecule has 0 N–H and O–H groups in total. The van der Waals surface area contributed by atoms with Gasteiger partial charge in [0, 0.05) is 11.8 Å². The Labute approximate surface area is 145 Å². The van der Waals surface area contributed by atoms with Crippen molar-refractivity contribution in [2.24, 2.45) is 0 Å². The summed E-state index contributed by atoms with van der Waals surface area (Å²) in [6.45, 7) is 9.23. The molecule has 0 spiro atoms. The van der Waals surface area contributed by atoms with Crippen LogP contribution in [0.25, 0.3) is 11.1 Å². The molecular weight excluding hydrogens is 288 g/mol. The van der Waals surface area contributed by atoms with E-state index in [1.165, 1.54) is 46.2 Å². The lowest BCUT2D eigenvalue weighted by Gasteiger charge is -2.19. The van der Waals surface area contributed by atoms with E-state index in [1.807, 2.05) is 0 Å². The van der Waals surface area contributed by atoms with Crippen LogP contribution in [0.3, 0.4) is 0 Å². The van der Waals surface area contributed by atoms with Gasteiger partial charge in [0.15, 0.2) is 0 Å². The van der Waals surface area contributed by atoms with Gasteiger partial charge in [0.2, 0.25) is 0 Å². The van der Waals surface area contributed by atoms with Gasteiger partial charge in [-0.15, -0.1) is 0 Å². The number of rotatable bonds is 3. The predicted octanol–water partition coefficient (Wildman–Crippen LogP) is 6.95. The Morgan fingerprint density at radius 1 is 0.583 bits per heavy atom. The van der Waals surface area contributed by atoms with E-state index in [4.69, 9.17) is 0 Å². The molecule has 0 heteroatoms. The third kappa shape index (κ3) is 2.20. The fourth-order valence-electron chi connectivity index (χ4n) is 4.78. The first-order valence-electron chi connectivity index (χ1n) is 9.13. The van der Waals surface area contributed by atoms with Crippen LogP contribution in [0, 0.1) is 0 Å². The van der Waals surface area contributed by atoms with Crippen molar-refractivity contribution in [3.8, 4) is 0 Å². The maximum Gasteiger partial charge on any atom is 0.00576 e. The zero-order chi connectivity index (χ0) is 16.8. The van der Waals surface area contributed by atoms with Gasteiger partial charge in [-0.05, 0) is 73.9 Å². The van der Waals surface area contributed by atoms with E-state index >= 15 is 0 Å². The maximum atomic E-state index is 2.33. The lowest BCUT2D eigenvalue weighted by molar-refractivity contribution is 0.610. The molecule has 122 valence electrons. The first kappa shape index (κ1) is 15.4. The van der Waals surface area contributed by atoms with Crippen molar-refractivity contribution in [1.82, 2.24) is 0 Å². The Morgan fingerprint density at radius 3 is 1.38 bits per heavy atom. The normalized spacial score (nSPS) is 22.2. The highest BCUT2D eigenvalue weighted by Crippen LogP contribution is 2.48. The summed E-state index contributed by atoms with van der Waals surface area (Å²) in [6, 6.07) is 18.0. The molecule has 0 saturated carbocycles. The average molecular weight is 314 g/mol. The van der Waals surface area contributed by atoms with Gasteiger partial charge in [-0.1, -0.05) is 59.7 Å². The average Bonchev–Trinajstić information content (AvgIpc) is 3.00. The zero-order valence-corrected chi connectivity index (χ0v) is 15.2. The van der Waals surface area contributed by atoms with Crippen molar-refractivity contribution >= 4 is 11.1 Å². The van der Waals surface area contributed by atoms with Crippen molar-refractivity contribution in [3.63, 3.8) is 0 Å². The summed E-state index contributed by atoms with van der Waals surface area (Å²) in [5.41, 5.74) is 12.1. The summed E-state index contributed by atoms with van der Waals surface area (Å²) < 4.78 is 0. The molecule has 0 aromatic heterocycles. The van der Waals surface area contributed by atoms with E-state index in [-0.39, 0.29) is 0 Å². The molecule has 2 aliphatic rings. The van der Waals surface area contributed by atoms with Crippen LogP contribution in [-0.4, -0.2) is 0 Å². The molecule has 0 amide bonds. The van der Waals surface area contributed by atoms with E-state index in [2.05, 4.69) is 76.2 Å². The van der Waals surface area contributed by atoms with Crippen LogP contribution in [0.15, 0.2) is 59.7 Å². The van der Waals surface area contributed by atoms with E-state index in [0.717, 1.165) is 0 Å². The molecule has 2 unspecified atom stereocenters. The number of hydrogen-bond donors (Lipinski definition) is 0.